The summed E-state index contributed by atoms with van der Waals surface area (Å²) in [5.41, 5.74) is -3.52. The fraction of sp³-hybridized carbons (Fsp3) is 0. The van der Waals surface area contributed by atoms with E-state index < -0.39 is 188 Å². The van der Waals surface area contributed by atoms with Crippen LogP contribution in [0.1, 0.15) is 30.2 Å². The highest BCUT2D eigenvalue weighted by atomic mass is 15.0. The SMILES string of the molecule is [2H]c1c([2H])c([2H])c2c(c1[2H])c1c([2H])c([2H])c(-n3c4c([2H])c([2H])c([2H])c([2H])c4c4c(-n5c6c([2H])c([2H])c([2H])c([2H])c6c6c([2H])c([2H])c([2H])c([2H])c65)c([2H])c([2H])c([2H])c43)c([2H])c1n2-c1ccccc1. The average Bonchev–Trinajstić information content (AvgIpc) is 3.98. The van der Waals surface area contributed by atoms with E-state index in [2.05, 4.69) is 0 Å². The lowest BCUT2D eigenvalue weighted by Gasteiger charge is -2.12. The van der Waals surface area contributed by atoms with Crippen LogP contribution < -0.4 is 0 Å². The lowest BCUT2D eigenvalue weighted by molar-refractivity contribution is 1.15. The zero-order chi connectivity index (χ0) is 48.6. The Hall–Kier alpha value is -6.06. The highest BCUT2D eigenvalue weighted by molar-refractivity contribution is 6.17. The van der Waals surface area contributed by atoms with Crippen molar-refractivity contribution in [2.75, 3.05) is 0 Å². The maximum Gasteiger partial charge on any atom is 0.0667 e. The largest absolute Gasteiger partial charge is 0.309 e. The monoisotopic (exact) mass is 595 g/mol. The molecule has 10 aromatic rings. The van der Waals surface area contributed by atoms with Crippen LogP contribution in [0.2, 0.25) is 0 Å². The minimum atomic E-state index is -0.925. The van der Waals surface area contributed by atoms with E-state index in [1.165, 1.54) is 4.57 Å². The molecule has 0 aliphatic heterocycles. The van der Waals surface area contributed by atoms with E-state index in [-0.39, 0.29) is 27.5 Å². The first-order valence-electron chi connectivity index (χ1n) is 24.7. The van der Waals surface area contributed by atoms with Gasteiger partial charge in [-0.3, -0.25) is 0 Å². The third-order valence-corrected chi connectivity index (χ3v) is 7.84. The van der Waals surface area contributed by atoms with Crippen LogP contribution in [0.15, 0.2) is 163 Å². The molecule has 10 rings (SSSR count). The first-order chi connectivity index (χ1) is 31.5. The van der Waals surface area contributed by atoms with Gasteiger partial charge in [0.25, 0.3) is 0 Å². The van der Waals surface area contributed by atoms with Crippen LogP contribution in [0, 0.1) is 0 Å². The van der Waals surface area contributed by atoms with Crippen molar-refractivity contribution in [3.63, 3.8) is 0 Å². The number of aromatic nitrogens is 3. The van der Waals surface area contributed by atoms with Crippen LogP contribution in [0.25, 0.3) is 82.5 Å². The second-order valence-corrected chi connectivity index (χ2v) is 10.1. The molecule has 0 bridgehead atoms. The third kappa shape index (κ3) is 3.35. The molecule has 0 spiro atoms. The third-order valence-electron chi connectivity index (χ3n) is 7.84. The molecule has 3 heteroatoms. The predicted molar refractivity (Wildman–Crippen MR) is 189 cm³/mol. The fourth-order valence-electron chi connectivity index (χ4n) is 6.04. The minimum Gasteiger partial charge on any atom is -0.309 e. The fourth-order valence-corrected chi connectivity index (χ4v) is 6.04. The molecular weight excluding hydrogens is 546 g/mol. The molecule has 45 heavy (non-hydrogen) atoms. The van der Waals surface area contributed by atoms with Crippen molar-refractivity contribution in [3.05, 3.63) is 163 Å². The quantitative estimate of drug-likeness (QED) is 0.193. The van der Waals surface area contributed by atoms with Crippen LogP contribution >= 0.6 is 0 Å². The Balaban J connectivity index is 1.54. The number of rotatable bonds is 3. The van der Waals surface area contributed by atoms with E-state index in [0.717, 1.165) is 9.13 Å². The predicted octanol–water partition coefficient (Wildman–Crippen LogP) is 11.0. The standard InChI is InChI=1S/C42H27N3/c1-2-13-28(14-3-1)43-35-19-8-4-17-32(35)33-26-25-29(27-41(33)43)44-38-22-11-7-18-34(38)42-39(44)23-12-24-40(42)45-36-20-9-5-15-30(36)31-16-6-10-21-37(31)45/h1-27H/i4D,5D,6D,7D,8D,9D,10D,11D,12D,15D,16D,17D,18D,19D,20D,21D,22D,23D,24D,25D,26D,27D. The molecular formula is C42H27N3. The molecule has 0 aliphatic carbocycles. The summed E-state index contributed by atoms with van der Waals surface area (Å²) < 4.78 is 202. The minimum absolute atomic E-state index is 0.161. The summed E-state index contributed by atoms with van der Waals surface area (Å²) in [6.07, 6.45) is 0. The van der Waals surface area contributed by atoms with Gasteiger partial charge >= 0.3 is 0 Å². The van der Waals surface area contributed by atoms with E-state index in [0.29, 0.717) is 0 Å². The van der Waals surface area contributed by atoms with Gasteiger partial charge in [-0.25, -0.2) is 0 Å². The maximum absolute atomic E-state index is 9.99. The highest BCUT2D eigenvalue weighted by Crippen LogP contribution is 2.41. The van der Waals surface area contributed by atoms with Crippen LogP contribution in [-0.2, 0) is 0 Å². The molecule has 0 saturated carbocycles. The van der Waals surface area contributed by atoms with Gasteiger partial charge in [0.1, 0.15) is 0 Å². The molecule has 0 unspecified atom stereocenters. The number of benzene rings is 7. The average molecular weight is 596 g/mol. The Morgan fingerprint density at radius 2 is 0.844 bits per heavy atom. The summed E-state index contributed by atoms with van der Waals surface area (Å²) in [4.78, 5) is 0. The van der Waals surface area contributed by atoms with Gasteiger partial charge in [-0.15, -0.1) is 0 Å². The molecule has 0 saturated heterocycles. The molecule has 3 nitrogen and oxygen atoms in total. The number of fused-ring (bicyclic) bond motifs is 9. The Morgan fingerprint density at radius 3 is 1.49 bits per heavy atom. The molecule has 0 fully saturated rings. The summed E-state index contributed by atoms with van der Waals surface area (Å²) in [5.74, 6) is 0. The van der Waals surface area contributed by atoms with Crippen molar-refractivity contribution < 1.29 is 30.2 Å². The van der Waals surface area contributed by atoms with Gasteiger partial charge in [0.15, 0.2) is 0 Å². The lowest BCUT2D eigenvalue weighted by Crippen LogP contribution is -1.98. The zero-order valence-electron chi connectivity index (χ0n) is 44.7. The van der Waals surface area contributed by atoms with Crippen LogP contribution in [0.5, 0.6) is 0 Å². The van der Waals surface area contributed by atoms with Crippen molar-refractivity contribution in [2.45, 2.75) is 0 Å². The number of hydrogen-bond acceptors (Lipinski definition) is 0. The Morgan fingerprint density at radius 1 is 0.356 bits per heavy atom. The summed E-state index contributed by atoms with van der Waals surface area (Å²) in [6, 6.07) is -8.83. The Kier molecular flexibility index (Phi) is 2.35. The van der Waals surface area contributed by atoms with Gasteiger partial charge < -0.3 is 13.7 Å². The van der Waals surface area contributed by atoms with E-state index in [1.807, 2.05) is 0 Å². The van der Waals surface area contributed by atoms with Gasteiger partial charge in [-0.2, -0.15) is 0 Å². The molecule has 3 aromatic heterocycles. The van der Waals surface area contributed by atoms with Crippen molar-refractivity contribution in [1.82, 2.24) is 13.7 Å². The molecule has 0 aliphatic rings. The van der Waals surface area contributed by atoms with Gasteiger partial charge in [-0.05, 0) is 60.5 Å². The first kappa shape index (κ1) is 11.5. The summed E-state index contributed by atoms with van der Waals surface area (Å²) in [6.45, 7) is 0. The first-order valence-corrected chi connectivity index (χ1v) is 13.7. The van der Waals surface area contributed by atoms with E-state index in [4.69, 9.17) is 19.2 Å². The summed E-state index contributed by atoms with van der Waals surface area (Å²) >= 11 is 0. The summed E-state index contributed by atoms with van der Waals surface area (Å²) in [5, 5.41) is -2.27. The lowest BCUT2D eigenvalue weighted by atomic mass is 10.1. The number of nitrogens with zero attached hydrogens (tertiary/aromatic N) is 3. The Labute approximate surface area is 290 Å². The second kappa shape index (κ2) is 9.22. The van der Waals surface area contributed by atoms with Crippen LogP contribution in [-0.4, -0.2) is 13.7 Å². The molecule has 0 amide bonds. The highest BCUT2D eigenvalue weighted by Gasteiger charge is 2.20. The smallest absolute Gasteiger partial charge is 0.0667 e. The van der Waals surface area contributed by atoms with Crippen molar-refractivity contribution in [3.8, 4) is 17.1 Å². The van der Waals surface area contributed by atoms with Crippen LogP contribution in [0.3, 0.4) is 0 Å². The molecule has 3 heterocycles. The van der Waals surface area contributed by atoms with Gasteiger partial charge in [-0.1, -0.05) is 103 Å². The molecule has 0 radical (unpaired) electrons. The molecule has 210 valence electrons. The van der Waals surface area contributed by atoms with E-state index >= 15 is 0 Å². The topological polar surface area (TPSA) is 14.8 Å². The molecule has 0 atom stereocenters. The van der Waals surface area contributed by atoms with Crippen LogP contribution in [0.4, 0.5) is 0 Å². The molecule has 7 aromatic carbocycles. The van der Waals surface area contributed by atoms with Gasteiger partial charge in [0.05, 0.1) is 68.9 Å². The van der Waals surface area contributed by atoms with Crippen molar-refractivity contribution in [2.24, 2.45) is 0 Å². The zero-order valence-corrected chi connectivity index (χ0v) is 22.7. The second-order valence-electron chi connectivity index (χ2n) is 10.1. The number of para-hydroxylation sites is 5. The number of hydrogen-bond donors (Lipinski definition) is 0. The Bertz CT molecular complexity index is 3920. The summed E-state index contributed by atoms with van der Waals surface area (Å²) in [7, 11) is 0. The van der Waals surface area contributed by atoms with E-state index in [9.17, 15) is 11.0 Å². The maximum atomic E-state index is 9.99. The normalized spacial score (nSPS) is 18.8. The van der Waals surface area contributed by atoms with Crippen molar-refractivity contribution in [1.29, 1.82) is 0 Å². The van der Waals surface area contributed by atoms with Crippen molar-refractivity contribution >= 4 is 65.4 Å². The molecule has 0 N–H and O–H groups in total. The van der Waals surface area contributed by atoms with Gasteiger partial charge in [0.2, 0.25) is 0 Å². The van der Waals surface area contributed by atoms with Gasteiger partial charge in [0, 0.05) is 43.7 Å². The van der Waals surface area contributed by atoms with E-state index in [1.54, 1.807) is 30.3 Å².